The number of nitrogens with one attached hydrogen (secondary N) is 2. The van der Waals surface area contributed by atoms with Gasteiger partial charge in [-0.15, -0.1) is 0 Å². The van der Waals surface area contributed by atoms with E-state index < -0.39 is 37.1 Å². The number of hydrogen-bond donors (Lipinski definition) is 8. The first-order valence-electron chi connectivity index (χ1n) is 5.82. The first-order valence-corrected chi connectivity index (χ1v) is 5.82. The normalized spacial score (nSPS) is 20.2. The van der Waals surface area contributed by atoms with Crippen molar-refractivity contribution in [2.45, 2.75) is 30.5 Å². The molecule has 5 unspecified atom stereocenters. The fourth-order valence-corrected chi connectivity index (χ4v) is 1.35. The summed E-state index contributed by atoms with van der Waals surface area (Å²) in [5, 5.41) is 61.3. The van der Waals surface area contributed by atoms with Crippen LogP contribution in [0.2, 0.25) is 0 Å². The molecule has 0 aromatic carbocycles. The lowest BCUT2D eigenvalue weighted by Gasteiger charge is -2.28. The molecule has 0 saturated heterocycles. The fourth-order valence-electron chi connectivity index (χ4n) is 1.35. The average Bonchev–Trinajstić information content (AvgIpc) is 2.39. The molecule has 0 spiro atoms. The predicted molar refractivity (Wildman–Crippen MR) is 63.9 cm³/mol. The van der Waals surface area contributed by atoms with Crippen LogP contribution in [0.15, 0.2) is 0 Å². The van der Waals surface area contributed by atoms with E-state index in [2.05, 4.69) is 10.6 Å². The monoisotopic (exact) mass is 268 g/mol. The molecule has 110 valence electrons. The largest absolute Gasteiger partial charge is 0.394 e. The second-order valence-corrected chi connectivity index (χ2v) is 4.10. The first kappa shape index (κ1) is 17.7. The molecule has 0 saturated carbocycles. The molecule has 0 aliphatic carbocycles. The zero-order valence-electron chi connectivity index (χ0n) is 10.4. The Bertz CT molecular complexity index is 209. The third kappa shape index (κ3) is 6.03. The van der Waals surface area contributed by atoms with Gasteiger partial charge in [0.2, 0.25) is 0 Å². The Morgan fingerprint density at radius 2 is 1.39 bits per heavy atom. The highest BCUT2D eigenvalue weighted by Gasteiger charge is 2.33. The second-order valence-electron chi connectivity index (χ2n) is 4.10. The van der Waals surface area contributed by atoms with Crippen molar-refractivity contribution in [3.05, 3.63) is 0 Å². The van der Waals surface area contributed by atoms with E-state index in [0.29, 0.717) is 13.1 Å². The van der Waals surface area contributed by atoms with E-state index in [1.165, 1.54) is 0 Å². The highest BCUT2D eigenvalue weighted by atomic mass is 16.4. The maximum Gasteiger partial charge on any atom is 0.111 e. The van der Waals surface area contributed by atoms with E-state index in [9.17, 15) is 20.4 Å². The van der Waals surface area contributed by atoms with Crippen LogP contribution in [0.5, 0.6) is 0 Å². The summed E-state index contributed by atoms with van der Waals surface area (Å²) in [5.41, 5.74) is 0. The molecule has 8 heteroatoms. The minimum absolute atomic E-state index is 0.0296. The molecular formula is C10H24N2O6. The first-order chi connectivity index (χ1) is 8.45. The van der Waals surface area contributed by atoms with Gasteiger partial charge in [0.1, 0.15) is 24.4 Å². The van der Waals surface area contributed by atoms with E-state index in [1.54, 1.807) is 7.05 Å². The summed E-state index contributed by atoms with van der Waals surface area (Å²) in [5.74, 6) is 0. The molecule has 0 radical (unpaired) electrons. The Kier molecular flexibility index (Phi) is 9.42. The zero-order chi connectivity index (χ0) is 14.1. The van der Waals surface area contributed by atoms with Crippen molar-refractivity contribution in [3.8, 4) is 0 Å². The zero-order valence-corrected chi connectivity index (χ0v) is 10.4. The van der Waals surface area contributed by atoms with Crippen LogP contribution >= 0.6 is 0 Å². The van der Waals surface area contributed by atoms with Gasteiger partial charge in [0.05, 0.1) is 12.7 Å². The van der Waals surface area contributed by atoms with E-state index >= 15 is 0 Å². The number of hydrogen-bond acceptors (Lipinski definition) is 8. The van der Waals surface area contributed by atoms with Crippen LogP contribution in [-0.4, -0.2) is 94.4 Å². The molecule has 0 amide bonds. The van der Waals surface area contributed by atoms with E-state index in [-0.39, 0.29) is 6.54 Å². The Labute approximate surface area is 106 Å². The highest BCUT2D eigenvalue weighted by molar-refractivity contribution is 4.85. The molecule has 0 fully saturated rings. The fraction of sp³-hybridized carbons (Fsp3) is 1.00. The van der Waals surface area contributed by atoms with Crippen LogP contribution in [0.3, 0.4) is 0 Å². The second kappa shape index (κ2) is 9.59. The standard InChI is InChI=1S/C10H24N2O6/c1-11-2-3-12-4-6(14)8(16)10(18)9(17)7(15)5-13/h6-18H,2-5H2,1H3. The molecule has 0 heterocycles. The van der Waals surface area contributed by atoms with Gasteiger partial charge in [-0.25, -0.2) is 0 Å². The van der Waals surface area contributed by atoms with Crippen LogP contribution in [0, 0.1) is 0 Å². The Morgan fingerprint density at radius 3 is 1.89 bits per heavy atom. The SMILES string of the molecule is CNCCNCC(O)C(O)C(O)C(O)C(O)CO. The molecule has 8 nitrogen and oxygen atoms in total. The number of aliphatic hydroxyl groups excluding tert-OH is 6. The number of likely N-dealkylation sites (N-methyl/N-ethyl adjacent to an activating group) is 1. The average molecular weight is 268 g/mol. The molecular weight excluding hydrogens is 244 g/mol. The minimum Gasteiger partial charge on any atom is -0.394 e. The van der Waals surface area contributed by atoms with Crippen molar-refractivity contribution < 1.29 is 30.6 Å². The molecule has 0 aliphatic heterocycles. The van der Waals surface area contributed by atoms with Crippen LogP contribution in [0.25, 0.3) is 0 Å². The summed E-state index contributed by atoms with van der Waals surface area (Å²) in [6.45, 7) is 0.527. The minimum atomic E-state index is -1.74. The molecule has 8 N–H and O–H groups in total. The Morgan fingerprint density at radius 1 is 0.833 bits per heavy atom. The summed E-state index contributed by atoms with van der Waals surface area (Å²) in [6, 6.07) is 0. The van der Waals surface area contributed by atoms with Gasteiger partial charge in [0.25, 0.3) is 0 Å². The maximum atomic E-state index is 9.55. The van der Waals surface area contributed by atoms with E-state index in [4.69, 9.17) is 10.2 Å². The summed E-state index contributed by atoms with van der Waals surface area (Å²) in [6.07, 6.45) is -7.95. The summed E-state index contributed by atoms with van der Waals surface area (Å²) in [4.78, 5) is 0. The quantitative estimate of drug-likeness (QED) is 0.185. The van der Waals surface area contributed by atoms with Gasteiger partial charge in [-0.2, -0.15) is 0 Å². The van der Waals surface area contributed by atoms with Crippen molar-refractivity contribution in [3.63, 3.8) is 0 Å². The maximum absolute atomic E-state index is 9.55. The van der Waals surface area contributed by atoms with Gasteiger partial charge in [0, 0.05) is 19.6 Å². The molecule has 0 aromatic heterocycles. The Balaban J connectivity index is 4.06. The lowest BCUT2D eigenvalue weighted by Crippen LogP contribution is -2.52. The third-order valence-corrected chi connectivity index (χ3v) is 2.58. The molecule has 5 atom stereocenters. The molecule has 0 aromatic rings. The van der Waals surface area contributed by atoms with Crippen molar-refractivity contribution >= 4 is 0 Å². The Hall–Kier alpha value is -0.320. The van der Waals surface area contributed by atoms with Crippen molar-refractivity contribution in [2.75, 3.05) is 33.3 Å². The van der Waals surface area contributed by atoms with Crippen LogP contribution in [0.4, 0.5) is 0 Å². The molecule has 0 bridgehead atoms. The van der Waals surface area contributed by atoms with Gasteiger partial charge in [0.15, 0.2) is 0 Å². The molecule has 18 heavy (non-hydrogen) atoms. The smallest absolute Gasteiger partial charge is 0.111 e. The van der Waals surface area contributed by atoms with Crippen LogP contribution in [-0.2, 0) is 0 Å². The molecule has 0 aliphatic rings. The van der Waals surface area contributed by atoms with Crippen LogP contribution in [0.1, 0.15) is 0 Å². The van der Waals surface area contributed by atoms with Gasteiger partial charge in [-0.3, -0.25) is 0 Å². The summed E-state index contributed by atoms with van der Waals surface area (Å²) >= 11 is 0. The van der Waals surface area contributed by atoms with Gasteiger partial charge >= 0.3 is 0 Å². The van der Waals surface area contributed by atoms with Crippen LogP contribution < -0.4 is 10.6 Å². The number of rotatable bonds is 10. The van der Waals surface area contributed by atoms with Gasteiger partial charge in [-0.1, -0.05) is 0 Å². The van der Waals surface area contributed by atoms with Crippen molar-refractivity contribution in [2.24, 2.45) is 0 Å². The predicted octanol–water partition coefficient (Wildman–Crippen LogP) is -4.41. The molecule has 0 rings (SSSR count). The topological polar surface area (TPSA) is 145 Å². The third-order valence-electron chi connectivity index (χ3n) is 2.58. The lowest BCUT2D eigenvalue weighted by molar-refractivity contribution is -0.139. The highest BCUT2D eigenvalue weighted by Crippen LogP contribution is 2.08. The summed E-state index contributed by atoms with van der Waals surface area (Å²) in [7, 11) is 1.77. The summed E-state index contributed by atoms with van der Waals surface area (Å²) < 4.78 is 0. The van der Waals surface area contributed by atoms with Crippen molar-refractivity contribution in [1.82, 2.24) is 10.6 Å². The van der Waals surface area contributed by atoms with E-state index in [0.717, 1.165) is 0 Å². The lowest BCUT2D eigenvalue weighted by atomic mass is 9.99. The number of aliphatic hydroxyl groups is 6. The van der Waals surface area contributed by atoms with Crippen molar-refractivity contribution in [1.29, 1.82) is 0 Å². The van der Waals surface area contributed by atoms with Gasteiger partial charge in [-0.05, 0) is 7.05 Å². The van der Waals surface area contributed by atoms with E-state index in [1.807, 2.05) is 0 Å². The van der Waals surface area contributed by atoms with Gasteiger partial charge < -0.3 is 41.3 Å².